The van der Waals surface area contributed by atoms with Gasteiger partial charge < -0.3 is 20.3 Å². The normalized spacial score (nSPS) is 10.2. The summed E-state index contributed by atoms with van der Waals surface area (Å²) in [5.74, 6) is -1.02. The molecule has 0 unspecified atom stereocenters. The first-order valence-electron chi connectivity index (χ1n) is 9.21. The Morgan fingerprint density at radius 2 is 1.81 bits per heavy atom. The topological polar surface area (TPSA) is 101 Å². The summed E-state index contributed by atoms with van der Waals surface area (Å²) in [6, 6.07) is 16.6. The van der Waals surface area contributed by atoms with Gasteiger partial charge in [0.25, 0.3) is 5.78 Å². The van der Waals surface area contributed by atoms with E-state index in [2.05, 4.69) is 26.0 Å². The third-order valence-corrected chi connectivity index (χ3v) is 5.93. The smallest absolute Gasteiger partial charge is 0.447 e. The lowest BCUT2D eigenvalue weighted by Crippen LogP contribution is -2.27. The molecule has 0 amide bonds. The van der Waals surface area contributed by atoms with Crippen molar-refractivity contribution in [3.05, 3.63) is 69.5 Å². The van der Waals surface area contributed by atoms with Gasteiger partial charge in [0.2, 0.25) is 0 Å². The highest BCUT2D eigenvalue weighted by atomic mass is 79.9. The molecule has 0 fully saturated rings. The third-order valence-electron chi connectivity index (χ3n) is 4.22. The number of thiophene rings is 1. The number of methoxy groups -OCH3 is 1. The Kier molecular flexibility index (Phi) is 7.36. The standard InChI is InChI=1S/C22H18BrN3O4S/c1-3-30-22(28)19(26-24)20(27)21-17(25-15-8-10-16(29-2)11-9-15)12-18(31-21)13-4-6-14(23)7-5-13/h4-12,25H,3H2,1-2H3. The molecule has 0 aliphatic carbocycles. The molecule has 0 saturated heterocycles. The number of nitrogens with one attached hydrogen (secondary N) is 1. The molecule has 0 bridgehead atoms. The van der Waals surface area contributed by atoms with Crippen LogP contribution >= 0.6 is 27.3 Å². The summed E-state index contributed by atoms with van der Waals surface area (Å²) < 4.78 is 10.9. The maximum absolute atomic E-state index is 13.1. The van der Waals surface area contributed by atoms with Crippen molar-refractivity contribution in [3.63, 3.8) is 0 Å². The Hall–Kier alpha value is -3.26. The lowest BCUT2D eigenvalue weighted by molar-refractivity contribution is -0.139. The minimum Gasteiger partial charge on any atom is -0.497 e. The lowest BCUT2D eigenvalue weighted by Gasteiger charge is -2.07. The van der Waals surface area contributed by atoms with Gasteiger partial charge in [-0.2, -0.15) is 4.79 Å². The number of carbonyl (C=O) groups excluding carboxylic acids is 2. The fourth-order valence-electron chi connectivity index (χ4n) is 2.72. The van der Waals surface area contributed by atoms with Gasteiger partial charge in [0.15, 0.2) is 0 Å². The molecule has 3 rings (SSSR count). The highest BCUT2D eigenvalue weighted by Gasteiger charge is 2.35. The van der Waals surface area contributed by atoms with Gasteiger partial charge in [0.05, 0.1) is 19.4 Å². The van der Waals surface area contributed by atoms with Crippen LogP contribution < -0.4 is 10.1 Å². The highest BCUT2D eigenvalue weighted by Crippen LogP contribution is 2.37. The second kappa shape index (κ2) is 10.2. The Morgan fingerprint density at radius 1 is 1.13 bits per heavy atom. The minimum absolute atomic E-state index is 0.0523. The minimum atomic E-state index is -0.982. The molecule has 3 aromatic rings. The van der Waals surface area contributed by atoms with E-state index in [1.54, 1.807) is 38.3 Å². The van der Waals surface area contributed by atoms with Gasteiger partial charge >= 0.3 is 11.7 Å². The summed E-state index contributed by atoms with van der Waals surface area (Å²) in [6.45, 7) is 1.65. The Balaban J connectivity index is 2.04. The van der Waals surface area contributed by atoms with E-state index < -0.39 is 17.5 Å². The van der Waals surface area contributed by atoms with E-state index in [-0.39, 0.29) is 11.5 Å². The second-order valence-electron chi connectivity index (χ2n) is 6.21. The van der Waals surface area contributed by atoms with Crippen molar-refractivity contribution in [3.8, 4) is 16.2 Å². The average molecular weight is 500 g/mol. The molecule has 31 heavy (non-hydrogen) atoms. The first kappa shape index (κ1) is 22.4. The van der Waals surface area contributed by atoms with Crippen molar-refractivity contribution in [1.82, 2.24) is 0 Å². The molecule has 1 N–H and O–H groups in total. The predicted octanol–water partition coefficient (Wildman–Crippen LogP) is 5.35. The largest absolute Gasteiger partial charge is 0.497 e. The van der Waals surface area contributed by atoms with E-state index in [1.807, 2.05) is 30.3 Å². The molecule has 7 nitrogen and oxygen atoms in total. The van der Waals surface area contributed by atoms with Crippen LogP contribution in [0.15, 0.2) is 59.1 Å². The zero-order chi connectivity index (χ0) is 22.4. The number of ether oxygens (including phenoxy) is 2. The molecular weight excluding hydrogens is 482 g/mol. The zero-order valence-electron chi connectivity index (χ0n) is 16.7. The Bertz CT molecular complexity index is 1150. The van der Waals surface area contributed by atoms with Crippen molar-refractivity contribution < 1.29 is 23.9 Å². The van der Waals surface area contributed by atoms with Crippen molar-refractivity contribution in [1.29, 1.82) is 0 Å². The van der Waals surface area contributed by atoms with Gasteiger partial charge in [-0.15, -0.1) is 11.3 Å². The SMILES string of the molecule is CCOC(=O)C(=[N+]=[N-])C(=O)c1sc(-c2ccc(Br)cc2)cc1Nc1ccc(OC)cc1. The van der Waals surface area contributed by atoms with Crippen LogP contribution in [0, 0.1) is 0 Å². The van der Waals surface area contributed by atoms with E-state index in [9.17, 15) is 15.1 Å². The van der Waals surface area contributed by atoms with Crippen LogP contribution in [0.4, 0.5) is 11.4 Å². The summed E-state index contributed by atoms with van der Waals surface area (Å²) in [7, 11) is 1.58. The number of ketones is 1. The number of hydrogen-bond donors (Lipinski definition) is 1. The number of rotatable bonds is 8. The van der Waals surface area contributed by atoms with Gasteiger partial charge in [-0.3, -0.25) is 4.79 Å². The van der Waals surface area contributed by atoms with Crippen molar-refractivity contribution in [2.75, 3.05) is 19.0 Å². The summed E-state index contributed by atoms with van der Waals surface area (Å²) in [4.78, 5) is 29.0. The number of hydrogen-bond acceptors (Lipinski definition) is 6. The highest BCUT2D eigenvalue weighted by molar-refractivity contribution is 9.10. The van der Waals surface area contributed by atoms with Crippen LogP contribution in [0.2, 0.25) is 0 Å². The predicted molar refractivity (Wildman–Crippen MR) is 123 cm³/mol. The summed E-state index contributed by atoms with van der Waals surface area (Å²) in [5.41, 5.74) is 10.7. The summed E-state index contributed by atoms with van der Waals surface area (Å²) >= 11 is 4.59. The molecule has 2 aromatic carbocycles. The Labute approximate surface area is 191 Å². The van der Waals surface area contributed by atoms with Crippen molar-refractivity contribution in [2.24, 2.45) is 0 Å². The van der Waals surface area contributed by atoms with Crippen molar-refractivity contribution >= 4 is 56.1 Å². The number of Topliss-reactive ketones (excluding diaryl/α,β-unsaturated/α-hetero) is 1. The number of benzene rings is 2. The maximum atomic E-state index is 13.1. The van der Waals surface area contributed by atoms with Crippen molar-refractivity contribution in [2.45, 2.75) is 6.92 Å². The molecule has 0 aliphatic heterocycles. The number of anilines is 2. The molecule has 0 atom stereocenters. The maximum Gasteiger partial charge on any atom is 0.447 e. The molecular formula is C22H18BrN3O4S. The van der Waals surface area contributed by atoms with E-state index >= 15 is 0 Å². The monoisotopic (exact) mass is 499 g/mol. The quantitative estimate of drug-likeness (QED) is 0.112. The van der Waals surface area contributed by atoms with Gasteiger partial charge in [0.1, 0.15) is 10.6 Å². The van der Waals surface area contributed by atoms with Gasteiger partial charge in [-0.05, 0) is 55.0 Å². The molecule has 9 heteroatoms. The lowest BCUT2D eigenvalue weighted by atomic mass is 10.1. The van der Waals surface area contributed by atoms with Gasteiger partial charge in [-0.25, -0.2) is 4.79 Å². The fourth-order valence-corrected chi connectivity index (χ4v) is 4.05. The summed E-state index contributed by atoms with van der Waals surface area (Å²) in [5, 5.41) is 3.19. The first-order chi connectivity index (χ1) is 15.0. The zero-order valence-corrected chi connectivity index (χ0v) is 19.1. The first-order valence-corrected chi connectivity index (χ1v) is 10.8. The summed E-state index contributed by atoms with van der Waals surface area (Å²) in [6.07, 6.45) is 0. The molecule has 0 radical (unpaired) electrons. The Morgan fingerprint density at radius 3 is 2.39 bits per heavy atom. The molecule has 0 saturated carbocycles. The fraction of sp³-hybridized carbons (Fsp3) is 0.136. The van der Waals surface area contributed by atoms with E-state index in [0.717, 1.165) is 14.9 Å². The average Bonchev–Trinajstić information content (AvgIpc) is 3.19. The molecule has 1 aromatic heterocycles. The second-order valence-corrected chi connectivity index (χ2v) is 8.18. The van der Waals surface area contributed by atoms with Gasteiger partial charge in [0, 0.05) is 15.0 Å². The van der Waals surface area contributed by atoms with Crippen LogP contribution in [-0.2, 0) is 9.53 Å². The van der Waals surface area contributed by atoms with Crippen LogP contribution in [0.3, 0.4) is 0 Å². The number of halogens is 1. The van der Waals surface area contributed by atoms with E-state index in [1.165, 1.54) is 11.3 Å². The number of carbonyl (C=O) groups is 2. The van der Waals surface area contributed by atoms with Crippen LogP contribution in [0.25, 0.3) is 16.0 Å². The van der Waals surface area contributed by atoms with Crippen LogP contribution in [0.1, 0.15) is 16.6 Å². The third kappa shape index (κ3) is 5.27. The van der Waals surface area contributed by atoms with E-state index in [0.29, 0.717) is 17.1 Å². The molecule has 1 heterocycles. The molecule has 158 valence electrons. The molecule has 0 aliphatic rings. The van der Waals surface area contributed by atoms with Crippen LogP contribution in [-0.4, -0.2) is 36.0 Å². The van der Waals surface area contributed by atoms with Crippen LogP contribution in [0.5, 0.6) is 5.75 Å². The number of nitrogens with zero attached hydrogens (tertiary/aromatic N) is 2. The number of esters is 1. The van der Waals surface area contributed by atoms with E-state index in [4.69, 9.17) is 9.47 Å². The molecule has 0 spiro atoms. The van der Waals surface area contributed by atoms with Gasteiger partial charge in [-0.1, -0.05) is 28.1 Å².